The van der Waals surface area contributed by atoms with Crippen LogP contribution in [0.1, 0.15) is 40.0 Å². The van der Waals surface area contributed by atoms with E-state index < -0.39 is 16.0 Å². The molecule has 0 fully saturated rings. The molecule has 0 amide bonds. The molecule has 0 aromatic heterocycles. The first-order valence-corrected chi connectivity index (χ1v) is 6.88. The number of hydrogen-bond acceptors (Lipinski definition) is 6. The quantitative estimate of drug-likeness (QED) is 0.617. The van der Waals surface area contributed by atoms with E-state index in [1.54, 1.807) is 13.8 Å². The van der Waals surface area contributed by atoms with Gasteiger partial charge in [-0.1, -0.05) is 19.8 Å². The summed E-state index contributed by atoms with van der Waals surface area (Å²) in [6, 6.07) is 0. The Labute approximate surface area is 105 Å². The molecule has 0 saturated carbocycles. The average molecular weight is 270 g/mol. The molecule has 0 aliphatic carbocycles. The predicted molar refractivity (Wildman–Crippen MR) is 68.5 cm³/mol. The predicted octanol–water partition coefficient (Wildman–Crippen LogP) is 1.61. The smallest absolute Gasteiger partial charge is 0.344 e. The zero-order chi connectivity index (χ0) is 12.7. The van der Waals surface area contributed by atoms with Crippen molar-refractivity contribution in [3.8, 4) is 0 Å². The molecule has 0 aliphatic rings. The van der Waals surface area contributed by atoms with Gasteiger partial charge in [0.1, 0.15) is 0 Å². The maximum absolute atomic E-state index is 11.1. The van der Waals surface area contributed by atoms with E-state index in [2.05, 4.69) is 16.4 Å². The van der Waals surface area contributed by atoms with Crippen molar-refractivity contribution in [2.45, 2.75) is 45.6 Å². The van der Waals surface area contributed by atoms with Gasteiger partial charge in [0.05, 0.1) is 12.7 Å². The number of rotatable bonds is 9. The van der Waals surface area contributed by atoms with Crippen LogP contribution in [-0.4, -0.2) is 34.2 Å². The average Bonchev–Trinajstić information content (AvgIpc) is 2.16. The maximum atomic E-state index is 11.1. The van der Waals surface area contributed by atoms with E-state index in [9.17, 15) is 8.42 Å². The first kappa shape index (κ1) is 19.1. The summed E-state index contributed by atoms with van der Waals surface area (Å²) in [5.41, 5.74) is -0.791. The largest absolute Gasteiger partial charge is 0.400 e. The molecule has 106 valence electrons. The van der Waals surface area contributed by atoms with Crippen LogP contribution in [0.5, 0.6) is 0 Å². The lowest BCUT2D eigenvalue weighted by Gasteiger charge is -2.23. The first-order chi connectivity index (χ1) is 7.33. The molecule has 0 radical (unpaired) electrons. The zero-order valence-corrected chi connectivity index (χ0v) is 12.1. The summed E-state index contributed by atoms with van der Waals surface area (Å²) in [6.07, 6.45) is 3.42. The second kappa shape index (κ2) is 8.82. The van der Waals surface area contributed by atoms with Crippen molar-refractivity contribution < 1.29 is 16.8 Å². The van der Waals surface area contributed by atoms with Crippen LogP contribution < -0.4 is 11.5 Å². The summed E-state index contributed by atoms with van der Waals surface area (Å²) in [6.45, 7) is 6.89. The Morgan fingerprint density at radius 2 is 1.82 bits per heavy atom. The van der Waals surface area contributed by atoms with Crippen LogP contribution in [0.15, 0.2) is 0 Å². The van der Waals surface area contributed by atoms with Gasteiger partial charge in [-0.15, -0.1) is 0 Å². The van der Waals surface area contributed by atoms with Gasteiger partial charge in [0, 0.05) is 6.54 Å². The minimum absolute atomic E-state index is 0. The van der Waals surface area contributed by atoms with Crippen molar-refractivity contribution in [3.63, 3.8) is 0 Å². The van der Waals surface area contributed by atoms with Crippen molar-refractivity contribution in [1.82, 2.24) is 11.5 Å². The monoisotopic (exact) mass is 270 g/mol. The SMILES string of the molecule is CCCCCNCC(C)(C)OS(=O)(=O)OC.N. The molecule has 0 bridgehead atoms. The molecule has 0 aromatic rings. The minimum atomic E-state index is -3.86. The highest BCUT2D eigenvalue weighted by Gasteiger charge is 2.26. The molecule has 4 N–H and O–H groups in total. The van der Waals surface area contributed by atoms with Crippen LogP contribution in [0, 0.1) is 0 Å². The zero-order valence-electron chi connectivity index (χ0n) is 11.3. The third-order valence-electron chi connectivity index (χ3n) is 2.04. The van der Waals surface area contributed by atoms with Crippen LogP contribution >= 0.6 is 0 Å². The normalized spacial score (nSPS) is 12.2. The summed E-state index contributed by atoms with van der Waals surface area (Å²) >= 11 is 0. The second-order valence-electron chi connectivity index (χ2n) is 4.30. The van der Waals surface area contributed by atoms with Crippen molar-refractivity contribution in [2.24, 2.45) is 0 Å². The lowest BCUT2D eigenvalue weighted by atomic mass is 10.1. The Morgan fingerprint density at radius 3 is 2.29 bits per heavy atom. The number of hydrogen-bond donors (Lipinski definition) is 2. The maximum Gasteiger partial charge on any atom is 0.400 e. The van der Waals surface area contributed by atoms with Crippen molar-refractivity contribution >= 4 is 10.4 Å². The van der Waals surface area contributed by atoms with E-state index in [1.165, 1.54) is 12.8 Å². The molecule has 17 heavy (non-hydrogen) atoms. The molecule has 0 spiro atoms. The van der Waals surface area contributed by atoms with E-state index in [0.717, 1.165) is 20.1 Å². The molecule has 6 nitrogen and oxygen atoms in total. The molecule has 0 aliphatic heterocycles. The summed E-state index contributed by atoms with van der Waals surface area (Å²) < 4.78 is 31.3. The fourth-order valence-corrected chi connectivity index (χ4v) is 1.91. The van der Waals surface area contributed by atoms with E-state index in [0.29, 0.717) is 6.54 Å². The van der Waals surface area contributed by atoms with Gasteiger partial charge in [-0.05, 0) is 26.8 Å². The van der Waals surface area contributed by atoms with Crippen LogP contribution in [0.4, 0.5) is 0 Å². The molecular formula is C10H26N2O4S. The van der Waals surface area contributed by atoms with Gasteiger partial charge in [-0.25, -0.2) is 4.18 Å². The molecule has 0 saturated heterocycles. The second-order valence-corrected chi connectivity index (χ2v) is 5.62. The molecule has 0 heterocycles. The Hall–Kier alpha value is -0.210. The van der Waals surface area contributed by atoms with E-state index in [4.69, 9.17) is 4.18 Å². The first-order valence-electron chi connectivity index (χ1n) is 5.55. The van der Waals surface area contributed by atoms with Gasteiger partial charge in [-0.3, -0.25) is 4.18 Å². The lowest BCUT2D eigenvalue weighted by molar-refractivity contribution is 0.0925. The molecule has 0 rings (SSSR count). The van der Waals surface area contributed by atoms with Crippen LogP contribution in [0.3, 0.4) is 0 Å². The van der Waals surface area contributed by atoms with E-state index in [1.807, 2.05) is 0 Å². The van der Waals surface area contributed by atoms with Crippen LogP contribution in [0.25, 0.3) is 0 Å². The highest BCUT2D eigenvalue weighted by Crippen LogP contribution is 2.12. The third kappa shape index (κ3) is 10.7. The third-order valence-corrected chi connectivity index (χ3v) is 3.10. The van der Waals surface area contributed by atoms with Crippen molar-refractivity contribution in [2.75, 3.05) is 20.2 Å². The van der Waals surface area contributed by atoms with Crippen LogP contribution in [0.2, 0.25) is 0 Å². The summed E-state index contributed by atoms with van der Waals surface area (Å²) in [4.78, 5) is 0. The summed E-state index contributed by atoms with van der Waals surface area (Å²) in [5, 5.41) is 3.16. The van der Waals surface area contributed by atoms with Gasteiger partial charge < -0.3 is 11.5 Å². The topological polar surface area (TPSA) is 99.6 Å². The van der Waals surface area contributed by atoms with Gasteiger partial charge >= 0.3 is 10.4 Å². The van der Waals surface area contributed by atoms with Gasteiger partial charge in [0.2, 0.25) is 0 Å². The summed E-state index contributed by atoms with van der Waals surface area (Å²) in [7, 11) is -2.78. The molecule has 0 unspecified atom stereocenters. The van der Waals surface area contributed by atoms with Gasteiger partial charge in [0.25, 0.3) is 0 Å². The molecule has 7 heteroatoms. The minimum Gasteiger partial charge on any atom is -0.344 e. The number of nitrogens with one attached hydrogen (secondary N) is 1. The number of unbranched alkanes of at least 4 members (excludes halogenated alkanes) is 2. The highest BCUT2D eigenvalue weighted by atomic mass is 32.3. The van der Waals surface area contributed by atoms with E-state index in [-0.39, 0.29) is 6.15 Å². The van der Waals surface area contributed by atoms with Crippen molar-refractivity contribution in [3.05, 3.63) is 0 Å². The van der Waals surface area contributed by atoms with Gasteiger partial charge in [-0.2, -0.15) is 8.42 Å². The standard InChI is InChI=1S/C10H23NO4S.H3N/c1-5-6-7-8-11-9-10(2,3)15-16(12,13)14-4;/h11H,5-9H2,1-4H3;1H3. The molecule has 0 aromatic carbocycles. The fourth-order valence-electron chi connectivity index (χ4n) is 1.23. The highest BCUT2D eigenvalue weighted by molar-refractivity contribution is 7.81. The Kier molecular flexibility index (Phi) is 9.93. The molecule has 0 atom stereocenters. The molecular weight excluding hydrogens is 244 g/mol. The fraction of sp³-hybridized carbons (Fsp3) is 1.00. The summed E-state index contributed by atoms with van der Waals surface area (Å²) in [5.74, 6) is 0. The Balaban J connectivity index is 0. The van der Waals surface area contributed by atoms with Crippen LogP contribution in [-0.2, 0) is 18.8 Å². The lowest BCUT2D eigenvalue weighted by Crippen LogP contribution is -2.39. The Morgan fingerprint density at radius 1 is 1.24 bits per heavy atom. The van der Waals surface area contributed by atoms with Crippen molar-refractivity contribution in [1.29, 1.82) is 0 Å². The Bertz CT molecular complexity index is 278. The van der Waals surface area contributed by atoms with E-state index >= 15 is 0 Å². The van der Waals surface area contributed by atoms with Gasteiger partial charge in [0.15, 0.2) is 0 Å².